The van der Waals surface area contributed by atoms with Gasteiger partial charge in [0.2, 0.25) is 11.8 Å². The number of para-hydroxylation sites is 1. The minimum Gasteiger partial charge on any atom is -0.361 e. The highest BCUT2D eigenvalue weighted by Gasteiger charge is 2.58. The third-order valence-electron chi connectivity index (χ3n) is 7.59. The fourth-order valence-corrected chi connectivity index (χ4v) is 5.94. The molecular formula is C26H34IN5O2. The summed E-state index contributed by atoms with van der Waals surface area (Å²) in [6.45, 7) is 4.08. The second kappa shape index (κ2) is 10.5. The first-order chi connectivity index (χ1) is 16.1. The zero-order chi connectivity index (χ0) is 22.9. The first kappa shape index (κ1) is 24.8. The van der Waals surface area contributed by atoms with Crippen molar-refractivity contribution in [2.24, 2.45) is 28.7 Å². The van der Waals surface area contributed by atoms with E-state index >= 15 is 0 Å². The number of aryl methyl sites for hydroxylation is 1. The Balaban J connectivity index is 0.00000274. The zero-order valence-electron chi connectivity index (χ0n) is 19.8. The lowest BCUT2D eigenvalue weighted by atomic mass is 9.85. The maximum absolute atomic E-state index is 12.8. The molecule has 1 aromatic carbocycles. The second-order valence-electron chi connectivity index (χ2n) is 9.36. The number of fused-ring (bicyclic) bond motifs is 6. The van der Waals surface area contributed by atoms with E-state index in [1.807, 2.05) is 0 Å². The van der Waals surface area contributed by atoms with Crippen molar-refractivity contribution in [2.45, 2.75) is 32.6 Å². The minimum absolute atomic E-state index is 0. The van der Waals surface area contributed by atoms with Gasteiger partial charge in [0.1, 0.15) is 0 Å². The molecule has 1 aromatic heterocycles. The molecule has 2 fully saturated rings. The van der Waals surface area contributed by atoms with E-state index in [9.17, 15) is 9.59 Å². The summed E-state index contributed by atoms with van der Waals surface area (Å²) in [6.07, 6.45) is 9.96. The monoisotopic (exact) mass is 575 g/mol. The Morgan fingerprint density at radius 1 is 1.09 bits per heavy atom. The highest BCUT2D eigenvalue weighted by molar-refractivity contribution is 14.0. The number of aromatic amines is 1. The molecule has 1 aliphatic heterocycles. The molecule has 3 N–H and O–H groups in total. The van der Waals surface area contributed by atoms with Crippen molar-refractivity contribution < 1.29 is 9.59 Å². The molecule has 1 saturated heterocycles. The van der Waals surface area contributed by atoms with Gasteiger partial charge in [-0.05, 0) is 48.6 Å². The van der Waals surface area contributed by atoms with Crippen LogP contribution in [0.4, 0.5) is 0 Å². The summed E-state index contributed by atoms with van der Waals surface area (Å²) in [5.41, 5.74) is 3.87. The molecule has 4 unspecified atom stereocenters. The smallest absolute Gasteiger partial charge is 0.233 e. The van der Waals surface area contributed by atoms with Crippen LogP contribution in [0.15, 0.2) is 41.5 Å². The van der Waals surface area contributed by atoms with Gasteiger partial charge >= 0.3 is 0 Å². The predicted molar refractivity (Wildman–Crippen MR) is 145 cm³/mol. The Morgan fingerprint density at radius 3 is 2.47 bits per heavy atom. The average Bonchev–Trinajstić information content (AvgIpc) is 3.60. The van der Waals surface area contributed by atoms with E-state index in [0.717, 1.165) is 31.8 Å². The van der Waals surface area contributed by atoms with Crippen LogP contribution in [0.2, 0.25) is 0 Å². The molecule has 0 spiro atoms. The van der Waals surface area contributed by atoms with Crippen LogP contribution in [0.5, 0.6) is 0 Å². The molecule has 8 heteroatoms. The normalized spacial score (nSPS) is 25.2. The van der Waals surface area contributed by atoms with E-state index in [-0.39, 0.29) is 59.5 Å². The summed E-state index contributed by atoms with van der Waals surface area (Å²) in [7, 11) is 1.76. The van der Waals surface area contributed by atoms with Crippen LogP contribution in [0.1, 0.15) is 30.9 Å². The third-order valence-corrected chi connectivity index (χ3v) is 7.59. The molecule has 5 rings (SSSR count). The summed E-state index contributed by atoms with van der Waals surface area (Å²) >= 11 is 0. The maximum atomic E-state index is 12.8. The Hall–Kier alpha value is -2.36. The first-order valence-corrected chi connectivity index (χ1v) is 12.2. The standard InChI is InChI=1S/C26H33N5O2.HI/c1-3-16-6-4-7-20-19(15-30-23(16)20)10-12-29-26(27-2)28-11-5-13-31-24(32)21-17-8-9-18(14-17)22(21)25(31)33;/h4,6-9,15,17-18,21-22,30H,3,5,10-14H2,1-2H3,(H2,27,28,29);1H. The number of halogens is 1. The van der Waals surface area contributed by atoms with E-state index in [1.165, 1.54) is 26.9 Å². The van der Waals surface area contributed by atoms with E-state index in [0.29, 0.717) is 19.5 Å². The molecule has 34 heavy (non-hydrogen) atoms. The fraction of sp³-hybridized carbons (Fsp3) is 0.500. The third kappa shape index (κ3) is 4.36. The molecule has 2 heterocycles. The number of benzene rings is 1. The van der Waals surface area contributed by atoms with Crippen molar-refractivity contribution in [1.82, 2.24) is 20.5 Å². The molecule has 7 nitrogen and oxygen atoms in total. The van der Waals surface area contributed by atoms with Crippen LogP contribution in [0.25, 0.3) is 10.9 Å². The zero-order valence-corrected chi connectivity index (χ0v) is 22.2. The van der Waals surface area contributed by atoms with Crippen LogP contribution >= 0.6 is 24.0 Å². The topological polar surface area (TPSA) is 89.6 Å². The van der Waals surface area contributed by atoms with E-state index < -0.39 is 0 Å². The van der Waals surface area contributed by atoms with Gasteiger partial charge in [-0.1, -0.05) is 37.3 Å². The second-order valence-corrected chi connectivity index (χ2v) is 9.36. The van der Waals surface area contributed by atoms with Crippen LogP contribution < -0.4 is 10.6 Å². The SMILES string of the molecule is CCc1cccc2c(CCNC(=NC)NCCCN3C(=O)C4C5C=CC(C5)C4C3=O)c[nH]c12.I. The van der Waals surface area contributed by atoms with Gasteiger partial charge in [0.25, 0.3) is 0 Å². The number of likely N-dealkylation sites (tertiary alicyclic amines) is 1. The number of amides is 2. The molecule has 2 aliphatic carbocycles. The lowest BCUT2D eigenvalue weighted by Crippen LogP contribution is -2.40. The highest BCUT2D eigenvalue weighted by atomic mass is 127. The van der Waals surface area contributed by atoms with Crippen LogP contribution in [-0.4, -0.2) is 54.3 Å². The van der Waals surface area contributed by atoms with Gasteiger partial charge in [0, 0.05) is 43.8 Å². The van der Waals surface area contributed by atoms with Gasteiger partial charge in [-0.2, -0.15) is 0 Å². The van der Waals surface area contributed by atoms with Crippen LogP contribution in [0, 0.1) is 23.7 Å². The summed E-state index contributed by atoms with van der Waals surface area (Å²) in [5.74, 6) is 1.15. The van der Waals surface area contributed by atoms with Crippen molar-refractivity contribution in [3.05, 3.63) is 47.7 Å². The summed E-state index contributed by atoms with van der Waals surface area (Å²) in [4.78, 5) is 34.8. The molecule has 3 aliphatic rings. The summed E-state index contributed by atoms with van der Waals surface area (Å²) in [6, 6.07) is 6.46. The number of hydrogen-bond acceptors (Lipinski definition) is 3. The largest absolute Gasteiger partial charge is 0.361 e. The van der Waals surface area contributed by atoms with Crippen LogP contribution in [0.3, 0.4) is 0 Å². The van der Waals surface area contributed by atoms with Gasteiger partial charge in [-0.15, -0.1) is 24.0 Å². The Bertz CT molecular complexity index is 1090. The number of carbonyl (C=O) groups excluding carboxylic acids is 2. The first-order valence-electron chi connectivity index (χ1n) is 12.2. The quantitative estimate of drug-likeness (QED) is 0.113. The maximum Gasteiger partial charge on any atom is 0.233 e. The molecule has 0 radical (unpaired) electrons. The number of nitrogens with one attached hydrogen (secondary N) is 3. The number of aliphatic imine (C=N–C) groups is 1. The molecule has 182 valence electrons. The number of hydrogen-bond donors (Lipinski definition) is 3. The van der Waals surface area contributed by atoms with Gasteiger partial charge in [0.15, 0.2) is 5.96 Å². The van der Waals surface area contributed by atoms with E-state index in [4.69, 9.17) is 0 Å². The van der Waals surface area contributed by atoms with Crippen molar-refractivity contribution >= 4 is 52.7 Å². The molecule has 2 amide bonds. The summed E-state index contributed by atoms with van der Waals surface area (Å²) in [5, 5.41) is 7.96. The number of rotatable bonds is 8. The molecule has 2 aromatic rings. The van der Waals surface area contributed by atoms with Gasteiger partial charge < -0.3 is 15.6 Å². The van der Waals surface area contributed by atoms with Crippen LogP contribution in [-0.2, 0) is 22.4 Å². The number of carbonyl (C=O) groups is 2. The molecule has 4 atom stereocenters. The Kier molecular flexibility index (Phi) is 7.64. The van der Waals surface area contributed by atoms with Crippen molar-refractivity contribution in [3.8, 4) is 0 Å². The molecule has 1 saturated carbocycles. The number of guanidine groups is 1. The predicted octanol–water partition coefficient (Wildman–Crippen LogP) is 3.25. The molecule has 2 bridgehead atoms. The minimum atomic E-state index is -0.104. The van der Waals surface area contributed by atoms with Gasteiger partial charge in [-0.25, -0.2) is 0 Å². The van der Waals surface area contributed by atoms with Gasteiger partial charge in [-0.3, -0.25) is 19.5 Å². The lowest BCUT2D eigenvalue weighted by Gasteiger charge is -2.18. The number of allylic oxidation sites excluding steroid dienone is 2. The fourth-order valence-electron chi connectivity index (χ4n) is 5.94. The van der Waals surface area contributed by atoms with Crippen molar-refractivity contribution in [1.29, 1.82) is 0 Å². The molecular weight excluding hydrogens is 541 g/mol. The van der Waals surface area contributed by atoms with Crippen molar-refractivity contribution in [3.63, 3.8) is 0 Å². The number of nitrogens with zero attached hydrogens (tertiary/aromatic N) is 2. The Labute approximate surface area is 217 Å². The average molecular weight is 575 g/mol. The van der Waals surface area contributed by atoms with E-state index in [2.05, 4.69) is 64.1 Å². The van der Waals surface area contributed by atoms with E-state index in [1.54, 1.807) is 7.05 Å². The van der Waals surface area contributed by atoms with Crippen molar-refractivity contribution in [2.75, 3.05) is 26.7 Å². The number of H-pyrrole nitrogens is 1. The number of aromatic nitrogens is 1. The number of imide groups is 1. The highest BCUT2D eigenvalue weighted by Crippen LogP contribution is 2.52. The van der Waals surface area contributed by atoms with Gasteiger partial charge in [0.05, 0.1) is 11.8 Å². The summed E-state index contributed by atoms with van der Waals surface area (Å²) < 4.78 is 0. The lowest BCUT2D eigenvalue weighted by molar-refractivity contribution is -0.140. The Morgan fingerprint density at radius 2 is 1.79 bits per heavy atom.